The van der Waals surface area contributed by atoms with Gasteiger partial charge in [0.15, 0.2) is 5.96 Å². The van der Waals surface area contributed by atoms with Crippen LogP contribution in [0.25, 0.3) is 0 Å². The van der Waals surface area contributed by atoms with Crippen LogP contribution in [0.5, 0.6) is 0 Å². The fourth-order valence-electron chi connectivity index (χ4n) is 2.76. The number of nitrogens with zero attached hydrogens (tertiary/aromatic N) is 5. The molecule has 7 heteroatoms. The Morgan fingerprint density at radius 2 is 2.26 bits per heavy atom. The molecule has 1 unspecified atom stereocenters. The van der Waals surface area contributed by atoms with Crippen LogP contribution in [0.1, 0.15) is 17.6 Å². The zero-order chi connectivity index (χ0) is 16.8. The van der Waals surface area contributed by atoms with E-state index in [-0.39, 0.29) is 0 Å². The van der Waals surface area contributed by atoms with E-state index in [4.69, 9.17) is 4.99 Å². The molecule has 1 aliphatic rings. The third-order valence-electron chi connectivity index (χ3n) is 4.19. The molecule has 0 aliphatic carbocycles. The van der Waals surface area contributed by atoms with Gasteiger partial charge in [-0.05, 0) is 27.9 Å². The first-order valence-corrected chi connectivity index (χ1v) is 9.16. The molecule has 2 rings (SSSR count). The summed E-state index contributed by atoms with van der Waals surface area (Å²) in [5.41, 5.74) is 1.11. The summed E-state index contributed by atoms with van der Waals surface area (Å²) in [4.78, 5) is 16.4. The quantitative estimate of drug-likeness (QED) is 0.643. The van der Waals surface area contributed by atoms with Crippen LogP contribution in [0.4, 0.5) is 0 Å². The van der Waals surface area contributed by atoms with Crippen molar-refractivity contribution in [1.29, 1.82) is 0 Å². The molecule has 6 nitrogen and oxygen atoms in total. The van der Waals surface area contributed by atoms with Gasteiger partial charge in [-0.25, -0.2) is 4.98 Å². The van der Waals surface area contributed by atoms with Gasteiger partial charge in [-0.15, -0.1) is 11.3 Å². The van der Waals surface area contributed by atoms with Crippen molar-refractivity contribution in [1.82, 2.24) is 25.0 Å². The minimum Gasteiger partial charge on any atom is -0.357 e. The molecule has 1 aromatic heterocycles. The number of aryl methyl sites for hydroxylation is 1. The molecule has 0 radical (unpaired) electrons. The van der Waals surface area contributed by atoms with E-state index in [0.29, 0.717) is 6.04 Å². The van der Waals surface area contributed by atoms with Crippen molar-refractivity contribution in [2.24, 2.45) is 4.99 Å². The summed E-state index contributed by atoms with van der Waals surface area (Å²) < 4.78 is 0. The lowest BCUT2D eigenvalue weighted by atomic mass is 10.2. The van der Waals surface area contributed by atoms with Gasteiger partial charge in [-0.3, -0.25) is 9.89 Å². The molecular weight excluding hydrogens is 308 g/mol. The highest BCUT2D eigenvalue weighted by molar-refractivity contribution is 7.09. The second-order valence-corrected chi connectivity index (χ2v) is 7.37. The van der Waals surface area contributed by atoms with E-state index < -0.39 is 0 Å². The Morgan fingerprint density at radius 1 is 1.48 bits per heavy atom. The molecule has 23 heavy (non-hydrogen) atoms. The summed E-state index contributed by atoms with van der Waals surface area (Å²) in [6, 6.07) is 0.484. The van der Waals surface area contributed by atoms with Crippen molar-refractivity contribution in [3.8, 4) is 0 Å². The van der Waals surface area contributed by atoms with E-state index in [2.05, 4.69) is 58.4 Å². The first-order valence-electron chi connectivity index (χ1n) is 8.28. The minimum absolute atomic E-state index is 0.484. The van der Waals surface area contributed by atoms with Gasteiger partial charge in [0, 0.05) is 44.6 Å². The molecule has 1 N–H and O–H groups in total. The number of hydrogen-bond donors (Lipinski definition) is 1. The van der Waals surface area contributed by atoms with Crippen LogP contribution >= 0.6 is 11.3 Å². The van der Waals surface area contributed by atoms with Crippen molar-refractivity contribution < 1.29 is 0 Å². The summed E-state index contributed by atoms with van der Waals surface area (Å²) in [5, 5.41) is 6.63. The molecule has 1 saturated heterocycles. The highest BCUT2D eigenvalue weighted by Crippen LogP contribution is 2.10. The van der Waals surface area contributed by atoms with E-state index in [0.717, 1.165) is 55.9 Å². The zero-order valence-corrected chi connectivity index (χ0v) is 15.9. The van der Waals surface area contributed by atoms with Crippen LogP contribution in [-0.2, 0) is 6.54 Å². The maximum absolute atomic E-state index is 4.86. The second-order valence-electron chi connectivity index (χ2n) is 6.31. The van der Waals surface area contributed by atoms with Gasteiger partial charge >= 0.3 is 0 Å². The Hall–Kier alpha value is -1.18. The zero-order valence-electron chi connectivity index (χ0n) is 15.0. The first-order chi connectivity index (χ1) is 11.0. The maximum Gasteiger partial charge on any atom is 0.194 e. The Kier molecular flexibility index (Phi) is 6.80. The van der Waals surface area contributed by atoms with Gasteiger partial charge in [0.25, 0.3) is 0 Å². The molecule has 1 fully saturated rings. The largest absolute Gasteiger partial charge is 0.357 e. The Labute approximate surface area is 144 Å². The molecule has 0 saturated carbocycles. The van der Waals surface area contributed by atoms with Crippen molar-refractivity contribution in [3.63, 3.8) is 0 Å². The van der Waals surface area contributed by atoms with Crippen LogP contribution in [-0.4, -0.2) is 85.6 Å². The smallest absolute Gasteiger partial charge is 0.194 e. The van der Waals surface area contributed by atoms with Crippen molar-refractivity contribution in [2.45, 2.75) is 26.4 Å². The number of aliphatic imine (C=N–C) groups is 1. The van der Waals surface area contributed by atoms with Crippen LogP contribution in [0.15, 0.2) is 10.4 Å². The second kappa shape index (κ2) is 8.61. The lowest BCUT2D eigenvalue weighted by Gasteiger charge is -2.37. The van der Waals surface area contributed by atoms with Crippen LogP contribution < -0.4 is 5.32 Å². The van der Waals surface area contributed by atoms with Gasteiger partial charge < -0.3 is 15.1 Å². The summed E-state index contributed by atoms with van der Waals surface area (Å²) >= 11 is 1.70. The summed E-state index contributed by atoms with van der Waals surface area (Å²) in [6.07, 6.45) is 0. The molecule has 2 heterocycles. The van der Waals surface area contributed by atoms with Crippen LogP contribution in [0.2, 0.25) is 0 Å². The van der Waals surface area contributed by atoms with E-state index in [1.165, 1.54) is 0 Å². The number of hydrogen-bond acceptors (Lipinski definition) is 5. The lowest BCUT2D eigenvalue weighted by molar-refractivity contribution is 0.119. The number of rotatable bonds is 5. The molecule has 0 aromatic carbocycles. The third-order valence-corrected chi connectivity index (χ3v) is 5.02. The Bertz CT molecular complexity index is 514. The van der Waals surface area contributed by atoms with E-state index in [1.807, 2.05) is 6.92 Å². The Morgan fingerprint density at radius 3 is 2.91 bits per heavy atom. The van der Waals surface area contributed by atoms with Crippen LogP contribution in [0, 0.1) is 6.92 Å². The molecular formula is C16H30N6S. The molecule has 1 aromatic rings. The van der Waals surface area contributed by atoms with Crippen molar-refractivity contribution in [3.05, 3.63) is 16.1 Å². The fourth-order valence-corrected chi connectivity index (χ4v) is 3.36. The van der Waals surface area contributed by atoms with E-state index >= 15 is 0 Å². The molecule has 0 amide bonds. The maximum atomic E-state index is 4.86. The highest BCUT2D eigenvalue weighted by Gasteiger charge is 2.22. The first kappa shape index (κ1) is 18.2. The number of thiazole rings is 1. The number of likely N-dealkylation sites (N-methyl/N-ethyl adjacent to an activating group) is 2. The number of aromatic nitrogens is 1. The van der Waals surface area contributed by atoms with Gasteiger partial charge in [0.2, 0.25) is 0 Å². The van der Waals surface area contributed by atoms with E-state index in [9.17, 15) is 0 Å². The number of piperazine rings is 1. The van der Waals surface area contributed by atoms with Crippen LogP contribution in [0.3, 0.4) is 0 Å². The normalized spacial score (nSPS) is 20.7. The van der Waals surface area contributed by atoms with Gasteiger partial charge in [-0.1, -0.05) is 0 Å². The average molecular weight is 339 g/mol. The fraction of sp³-hybridized carbons (Fsp3) is 0.750. The molecule has 130 valence electrons. The van der Waals surface area contributed by atoms with E-state index in [1.54, 1.807) is 11.3 Å². The summed E-state index contributed by atoms with van der Waals surface area (Å²) in [7, 11) is 6.46. The lowest BCUT2D eigenvalue weighted by Crippen LogP contribution is -2.51. The molecule has 0 bridgehead atoms. The minimum atomic E-state index is 0.484. The SMILES string of the molecule is CCNC(=NCC1CN(C)CCN1C)N(C)Cc1csc(C)n1. The van der Waals surface area contributed by atoms with Gasteiger partial charge in [0.1, 0.15) is 0 Å². The van der Waals surface area contributed by atoms with Crippen molar-refractivity contribution >= 4 is 17.3 Å². The number of nitrogens with one attached hydrogen (secondary N) is 1. The van der Waals surface area contributed by atoms with Gasteiger partial charge in [-0.2, -0.15) is 0 Å². The highest BCUT2D eigenvalue weighted by atomic mass is 32.1. The predicted octanol–water partition coefficient (Wildman–Crippen LogP) is 1.09. The summed E-state index contributed by atoms with van der Waals surface area (Å²) in [6.45, 7) is 9.97. The number of guanidine groups is 1. The van der Waals surface area contributed by atoms with Crippen molar-refractivity contribution in [2.75, 3.05) is 53.9 Å². The summed E-state index contributed by atoms with van der Waals surface area (Å²) in [5.74, 6) is 0.958. The van der Waals surface area contributed by atoms with Gasteiger partial charge in [0.05, 0.1) is 23.8 Å². The molecule has 1 atom stereocenters. The molecule has 0 spiro atoms. The predicted molar refractivity (Wildman–Crippen MR) is 98.2 cm³/mol. The average Bonchev–Trinajstić information content (AvgIpc) is 2.91. The monoisotopic (exact) mass is 338 g/mol. The molecule has 1 aliphatic heterocycles. The topological polar surface area (TPSA) is 47.0 Å². The standard InChI is InChI=1S/C16H30N6S/c1-6-17-16(22(5)10-14-12-23-13(2)19-14)18-9-15-11-20(3)7-8-21(15)4/h12,15H,6-11H2,1-5H3,(H,17,18). The third kappa shape index (κ3) is 5.44. The Balaban J connectivity index is 1.98.